The van der Waals surface area contributed by atoms with E-state index < -0.39 is 0 Å². The zero-order valence-corrected chi connectivity index (χ0v) is 13.9. The van der Waals surface area contributed by atoms with Crippen LogP contribution < -0.4 is 14.9 Å². The molecule has 6 heteroatoms. The first kappa shape index (κ1) is 17.8. The molecule has 0 aliphatic heterocycles. The lowest BCUT2D eigenvalue weighted by atomic mass is 10.2. The normalized spacial score (nSPS) is 10.8. The molecule has 2 aromatic rings. The summed E-state index contributed by atoms with van der Waals surface area (Å²) in [7, 11) is 1.56. The predicted octanol–water partition coefficient (Wildman–Crippen LogP) is 2.79. The molecular formula is C18H22N2O4. The smallest absolute Gasteiger partial charge is 0.188 e. The van der Waals surface area contributed by atoms with Crippen molar-refractivity contribution in [3.05, 3.63) is 53.6 Å². The maximum absolute atomic E-state index is 8.86. The number of nitrogens with zero attached hydrogens (tertiary/aromatic N) is 1. The predicted molar refractivity (Wildman–Crippen MR) is 93.9 cm³/mol. The van der Waals surface area contributed by atoms with Crippen molar-refractivity contribution in [3.8, 4) is 11.5 Å². The van der Waals surface area contributed by atoms with E-state index in [0.29, 0.717) is 11.5 Å². The Morgan fingerprint density at radius 1 is 1.17 bits per heavy atom. The minimum Gasteiger partial charge on any atom is -0.491 e. The second-order valence-corrected chi connectivity index (χ2v) is 5.01. The largest absolute Gasteiger partial charge is 0.491 e. The van der Waals surface area contributed by atoms with Crippen LogP contribution in [0.3, 0.4) is 0 Å². The molecule has 0 saturated carbocycles. The first-order chi connectivity index (χ1) is 11.7. The van der Waals surface area contributed by atoms with Gasteiger partial charge < -0.3 is 19.3 Å². The number of hydrogen-bond donors (Lipinski definition) is 2. The van der Waals surface area contributed by atoms with Crippen molar-refractivity contribution >= 4 is 11.9 Å². The van der Waals surface area contributed by atoms with Crippen molar-refractivity contribution in [2.75, 3.05) is 32.5 Å². The molecule has 2 rings (SSSR count). The Morgan fingerprint density at radius 2 is 2.00 bits per heavy atom. The lowest BCUT2D eigenvalue weighted by Crippen LogP contribution is -2.04. The number of aliphatic hydroxyl groups excluding tert-OH is 1. The van der Waals surface area contributed by atoms with Gasteiger partial charge in [-0.3, -0.25) is 5.43 Å². The summed E-state index contributed by atoms with van der Waals surface area (Å²) >= 11 is 0. The van der Waals surface area contributed by atoms with Gasteiger partial charge in [0.15, 0.2) is 6.79 Å². The van der Waals surface area contributed by atoms with Gasteiger partial charge in [0.25, 0.3) is 0 Å². The molecule has 6 nitrogen and oxygen atoms in total. The van der Waals surface area contributed by atoms with Gasteiger partial charge in [0.2, 0.25) is 0 Å². The number of para-hydroxylation sites is 1. The van der Waals surface area contributed by atoms with Gasteiger partial charge in [0.1, 0.15) is 18.1 Å². The van der Waals surface area contributed by atoms with Crippen molar-refractivity contribution < 1.29 is 19.3 Å². The Labute approximate surface area is 141 Å². The summed E-state index contributed by atoms with van der Waals surface area (Å²) in [5.74, 6) is 1.26. The highest BCUT2D eigenvalue weighted by Gasteiger charge is 2.05. The number of anilines is 1. The van der Waals surface area contributed by atoms with Crippen molar-refractivity contribution in [3.63, 3.8) is 0 Å². The summed E-state index contributed by atoms with van der Waals surface area (Å²) in [5, 5.41) is 13.1. The van der Waals surface area contributed by atoms with Gasteiger partial charge in [-0.25, -0.2) is 0 Å². The Bertz CT molecular complexity index is 674. The minimum atomic E-state index is -0.0415. The molecule has 0 fully saturated rings. The number of aliphatic hydroxyl groups is 1. The number of nitrogens with one attached hydrogen (secondary N) is 1. The van der Waals surface area contributed by atoms with Crippen LogP contribution in [-0.4, -0.2) is 38.4 Å². The Balaban J connectivity index is 2.14. The van der Waals surface area contributed by atoms with Crippen molar-refractivity contribution in [2.45, 2.75) is 6.92 Å². The Hall–Kier alpha value is -2.57. The molecule has 128 valence electrons. The topological polar surface area (TPSA) is 72.3 Å². The Kier molecular flexibility index (Phi) is 7.07. The molecule has 0 aliphatic rings. The van der Waals surface area contributed by atoms with E-state index in [0.717, 1.165) is 16.8 Å². The van der Waals surface area contributed by atoms with Gasteiger partial charge in [0, 0.05) is 12.7 Å². The molecule has 0 bridgehead atoms. The fourth-order valence-electron chi connectivity index (χ4n) is 2.00. The van der Waals surface area contributed by atoms with Gasteiger partial charge in [0.05, 0.1) is 18.5 Å². The average Bonchev–Trinajstić information content (AvgIpc) is 2.60. The van der Waals surface area contributed by atoms with E-state index in [-0.39, 0.29) is 20.0 Å². The summed E-state index contributed by atoms with van der Waals surface area (Å²) in [5.41, 5.74) is 5.78. The lowest BCUT2D eigenvalue weighted by molar-refractivity contribution is 0.0510. The summed E-state index contributed by atoms with van der Waals surface area (Å²) in [6.07, 6.45) is 1.66. The number of methoxy groups -OCH3 is 1. The average molecular weight is 330 g/mol. The van der Waals surface area contributed by atoms with Crippen LogP contribution in [0, 0.1) is 6.92 Å². The second kappa shape index (κ2) is 9.54. The van der Waals surface area contributed by atoms with Crippen LogP contribution in [0.25, 0.3) is 0 Å². The first-order valence-electron chi connectivity index (χ1n) is 7.58. The van der Waals surface area contributed by atoms with E-state index >= 15 is 0 Å². The third kappa shape index (κ3) is 5.26. The van der Waals surface area contributed by atoms with Crippen molar-refractivity contribution in [1.82, 2.24) is 0 Å². The highest BCUT2D eigenvalue weighted by Crippen LogP contribution is 2.23. The van der Waals surface area contributed by atoms with Crippen LogP contribution in [0.1, 0.15) is 11.1 Å². The van der Waals surface area contributed by atoms with Crippen LogP contribution in [0.15, 0.2) is 47.6 Å². The van der Waals surface area contributed by atoms with Crippen molar-refractivity contribution in [2.24, 2.45) is 5.10 Å². The number of ether oxygens (including phenoxy) is 3. The van der Waals surface area contributed by atoms with Crippen molar-refractivity contribution in [1.29, 1.82) is 0 Å². The van der Waals surface area contributed by atoms with E-state index in [1.807, 2.05) is 31.2 Å². The van der Waals surface area contributed by atoms with Crippen LogP contribution in [0.2, 0.25) is 0 Å². The molecule has 0 atom stereocenters. The molecule has 0 spiro atoms. The second-order valence-electron chi connectivity index (χ2n) is 5.01. The molecule has 2 N–H and O–H groups in total. The van der Waals surface area contributed by atoms with Gasteiger partial charge >= 0.3 is 0 Å². The molecule has 0 aromatic heterocycles. The monoisotopic (exact) mass is 330 g/mol. The SMILES string of the molecule is COCOc1ccc(OCCO)cc1/C=N/Nc1ccccc1C. The van der Waals surface area contributed by atoms with Gasteiger partial charge in [-0.15, -0.1) is 0 Å². The van der Waals surface area contributed by atoms with E-state index in [2.05, 4.69) is 10.5 Å². The molecule has 0 saturated heterocycles. The summed E-state index contributed by atoms with van der Waals surface area (Å²) < 4.78 is 15.9. The summed E-state index contributed by atoms with van der Waals surface area (Å²) in [6, 6.07) is 13.2. The van der Waals surface area contributed by atoms with Crippen LogP contribution >= 0.6 is 0 Å². The molecule has 2 aromatic carbocycles. The summed E-state index contributed by atoms with van der Waals surface area (Å²) in [6.45, 7) is 2.34. The highest BCUT2D eigenvalue weighted by molar-refractivity contribution is 5.84. The Morgan fingerprint density at radius 3 is 2.75 bits per heavy atom. The number of hydrogen-bond acceptors (Lipinski definition) is 6. The number of hydrazone groups is 1. The third-order valence-corrected chi connectivity index (χ3v) is 3.21. The fraction of sp³-hybridized carbons (Fsp3) is 0.278. The maximum atomic E-state index is 8.86. The summed E-state index contributed by atoms with van der Waals surface area (Å²) in [4.78, 5) is 0. The van der Waals surface area contributed by atoms with E-state index in [4.69, 9.17) is 19.3 Å². The van der Waals surface area contributed by atoms with Crippen LogP contribution in [-0.2, 0) is 4.74 Å². The molecule has 24 heavy (non-hydrogen) atoms. The standard InChI is InChI=1S/C18H22N2O4/c1-14-5-3-4-6-17(14)20-19-12-15-11-16(23-10-9-21)7-8-18(15)24-13-22-2/h3-8,11-12,20-21H,9-10,13H2,1-2H3/b19-12+. The molecule has 0 unspecified atom stereocenters. The number of rotatable bonds is 9. The maximum Gasteiger partial charge on any atom is 0.188 e. The first-order valence-corrected chi connectivity index (χ1v) is 7.58. The van der Waals surface area contributed by atoms with Gasteiger partial charge in [-0.05, 0) is 36.8 Å². The van der Waals surface area contributed by atoms with Crippen LogP contribution in [0.5, 0.6) is 11.5 Å². The molecule has 0 radical (unpaired) electrons. The highest BCUT2D eigenvalue weighted by atomic mass is 16.7. The van der Waals surface area contributed by atoms with Gasteiger partial charge in [-0.1, -0.05) is 18.2 Å². The van der Waals surface area contributed by atoms with E-state index in [1.54, 1.807) is 31.5 Å². The van der Waals surface area contributed by atoms with E-state index in [9.17, 15) is 0 Å². The zero-order chi connectivity index (χ0) is 17.2. The molecule has 0 amide bonds. The third-order valence-electron chi connectivity index (χ3n) is 3.21. The lowest BCUT2D eigenvalue weighted by Gasteiger charge is -2.11. The molecular weight excluding hydrogens is 308 g/mol. The number of aryl methyl sites for hydroxylation is 1. The molecule has 0 heterocycles. The quantitative estimate of drug-likeness (QED) is 0.420. The number of benzene rings is 2. The van der Waals surface area contributed by atoms with E-state index in [1.165, 1.54) is 0 Å². The fourth-order valence-corrected chi connectivity index (χ4v) is 2.00. The zero-order valence-electron chi connectivity index (χ0n) is 13.9. The van der Waals surface area contributed by atoms with Crippen LogP contribution in [0.4, 0.5) is 5.69 Å². The van der Waals surface area contributed by atoms with Gasteiger partial charge in [-0.2, -0.15) is 5.10 Å². The molecule has 0 aliphatic carbocycles. The minimum absolute atomic E-state index is 0.0415.